The Morgan fingerprint density at radius 1 is 1.10 bits per heavy atom. The SMILES string of the molecule is CCC(C)C(CC12CC3CC(C)(CC(C)(C3)C1)C2)NN. The van der Waals surface area contributed by atoms with E-state index in [2.05, 4.69) is 33.1 Å². The molecule has 4 saturated carbocycles. The van der Waals surface area contributed by atoms with Gasteiger partial charge in [0.25, 0.3) is 0 Å². The second-order valence-electron chi connectivity index (χ2n) is 9.49. The van der Waals surface area contributed by atoms with Crippen LogP contribution in [0, 0.1) is 28.1 Å². The summed E-state index contributed by atoms with van der Waals surface area (Å²) in [5.74, 6) is 7.58. The van der Waals surface area contributed by atoms with Crippen LogP contribution in [0.15, 0.2) is 0 Å². The van der Waals surface area contributed by atoms with Gasteiger partial charge in [0.1, 0.15) is 0 Å². The standard InChI is InChI=1S/C18H34N2/c1-5-13(2)15(20-19)9-18-8-14-6-16(3,11-18)10-17(4,7-14)12-18/h13-15,20H,5-12,19H2,1-4H3. The molecule has 20 heavy (non-hydrogen) atoms. The van der Waals surface area contributed by atoms with Crippen LogP contribution in [0.2, 0.25) is 0 Å². The van der Waals surface area contributed by atoms with E-state index in [4.69, 9.17) is 5.84 Å². The van der Waals surface area contributed by atoms with Crippen molar-refractivity contribution >= 4 is 0 Å². The summed E-state index contributed by atoms with van der Waals surface area (Å²) in [6.07, 6.45) is 11.4. The molecule has 4 unspecified atom stereocenters. The third kappa shape index (κ3) is 2.43. The molecule has 116 valence electrons. The largest absolute Gasteiger partial charge is 0.271 e. The second kappa shape index (κ2) is 4.71. The molecule has 0 aromatic rings. The number of nitrogens with one attached hydrogen (secondary N) is 1. The highest BCUT2D eigenvalue weighted by Gasteiger charge is 2.60. The van der Waals surface area contributed by atoms with Gasteiger partial charge in [0, 0.05) is 6.04 Å². The number of nitrogens with two attached hydrogens (primary N) is 1. The summed E-state index contributed by atoms with van der Waals surface area (Å²) < 4.78 is 0. The zero-order valence-corrected chi connectivity index (χ0v) is 14.0. The van der Waals surface area contributed by atoms with E-state index in [9.17, 15) is 0 Å². The average Bonchev–Trinajstić information content (AvgIpc) is 2.30. The molecule has 2 heteroatoms. The van der Waals surface area contributed by atoms with Crippen LogP contribution in [0.1, 0.15) is 79.1 Å². The maximum atomic E-state index is 5.89. The minimum atomic E-state index is 0.503. The van der Waals surface area contributed by atoms with Crippen molar-refractivity contribution in [2.24, 2.45) is 33.9 Å². The van der Waals surface area contributed by atoms with Gasteiger partial charge in [-0.25, -0.2) is 0 Å². The molecule has 4 rings (SSSR count). The van der Waals surface area contributed by atoms with Crippen LogP contribution in [-0.2, 0) is 0 Å². The molecule has 4 bridgehead atoms. The summed E-state index contributed by atoms with van der Waals surface area (Å²) >= 11 is 0. The lowest BCUT2D eigenvalue weighted by Crippen LogP contribution is -2.57. The highest BCUT2D eigenvalue weighted by atomic mass is 15.2. The highest BCUT2D eigenvalue weighted by Crippen LogP contribution is 2.70. The Morgan fingerprint density at radius 3 is 2.15 bits per heavy atom. The van der Waals surface area contributed by atoms with E-state index in [-0.39, 0.29) is 0 Å². The average molecular weight is 278 g/mol. The van der Waals surface area contributed by atoms with Crippen LogP contribution in [0.3, 0.4) is 0 Å². The third-order valence-electron chi connectivity index (χ3n) is 6.94. The molecule has 0 saturated heterocycles. The van der Waals surface area contributed by atoms with Crippen molar-refractivity contribution in [3.8, 4) is 0 Å². The zero-order valence-electron chi connectivity index (χ0n) is 14.0. The van der Waals surface area contributed by atoms with Gasteiger partial charge in [-0.2, -0.15) is 0 Å². The van der Waals surface area contributed by atoms with E-state index in [1.54, 1.807) is 0 Å². The molecule has 3 N–H and O–H groups in total. The predicted molar refractivity (Wildman–Crippen MR) is 85.0 cm³/mol. The fourth-order valence-corrected chi connectivity index (χ4v) is 7.09. The van der Waals surface area contributed by atoms with Gasteiger partial charge >= 0.3 is 0 Å². The molecule has 0 amide bonds. The van der Waals surface area contributed by atoms with Gasteiger partial charge in [0.05, 0.1) is 0 Å². The normalized spacial score (nSPS) is 49.4. The Bertz CT molecular complexity index is 360. The first-order valence-electron chi connectivity index (χ1n) is 8.77. The number of rotatable bonds is 5. The van der Waals surface area contributed by atoms with E-state index in [1.165, 1.54) is 51.4 Å². The van der Waals surface area contributed by atoms with Gasteiger partial charge in [-0.05, 0) is 73.0 Å². The summed E-state index contributed by atoms with van der Waals surface area (Å²) in [5.41, 5.74) is 4.99. The Hall–Kier alpha value is -0.0800. The first kappa shape index (κ1) is 14.8. The molecule has 0 spiro atoms. The Balaban J connectivity index is 1.81. The van der Waals surface area contributed by atoms with Gasteiger partial charge in [0.2, 0.25) is 0 Å². The maximum absolute atomic E-state index is 5.89. The molecule has 4 fully saturated rings. The zero-order chi connectivity index (χ0) is 14.6. The van der Waals surface area contributed by atoms with Crippen molar-refractivity contribution < 1.29 is 0 Å². The number of hydrazine groups is 1. The predicted octanol–water partition coefficient (Wildman–Crippen LogP) is 4.25. The fourth-order valence-electron chi connectivity index (χ4n) is 7.09. The summed E-state index contributed by atoms with van der Waals surface area (Å²) in [7, 11) is 0. The van der Waals surface area contributed by atoms with E-state index in [1.807, 2.05) is 0 Å². The van der Waals surface area contributed by atoms with Gasteiger partial charge in [-0.1, -0.05) is 34.1 Å². The van der Waals surface area contributed by atoms with Crippen LogP contribution in [0.25, 0.3) is 0 Å². The molecule has 0 heterocycles. The van der Waals surface area contributed by atoms with Crippen molar-refractivity contribution in [1.82, 2.24) is 5.43 Å². The lowest BCUT2D eigenvalue weighted by atomic mass is 9.39. The van der Waals surface area contributed by atoms with Gasteiger partial charge in [-0.15, -0.1) is 0 Å². The minimum Gasteiger partial charge on any atom is -0.271 e. The van der Waals surface area contributed by atoms with E-state index >= 15 is 0 Å². The fraction of sp³-hybridized carbons (Fsp3) is 1.00. The van der Waals surface area contributed by atoms with Gasteiger partial charge in [0.15, 0.2) is 0 Å². The number of hydrogen-bond acceptors (Lipinski definition) is 2. The van der Waals surface area contributed by atoms with Crippen molar-refractivity contribution in [1.29, 1.82) is 0 Å². The van der Waals surface area contributed by atoms with Crippen molar-refractivity contribution in [2.75, 3.05) is 0 Å². The summed E-state index contributed by atoms with van der Waals surface area (Å²) in [4.78, 5) is 0. The maximum Gasteiger partial charge on any atom is 0.0241 e. The lowest BCUT2D eigenvalue weighted by Gasteiger charge is -2.66. The third-order valence-corrected chi connectivity index (χ3v) is 6.94. The summed E-state index contributed by atoms with van der Waals surface area (Å²) in [6.45, 7) is 9.78. The molecule has 0 aliphatic heterocycles. The van der Waals surface area contributed by atoms with Gasteiger partial charge in [-0.3, -0.25) is 11.3 Å². The Morgan fingerprint density at radius 2 is 1.70 bits per heavy atom. The Labute approximate surface area is 125 Å². The first-order valence-corrected chi connectivity index (χ1v) is 8.77. The van der Waals surface area contributed by atoms with Crippen LogP contribution in [0.4, 0.5) is 0 Å². The van der Waals surface area contributed by atoms with E-state index < -0.39 is 0 Å². The Kier molecular flexibility index (Phi) is 3.49. The molecule has 4 atom stereocenters. The van der Waals surface area contributed by atoms with Crippen molar-refractivity contribution in [3.05, 3.63) is 0 Å². The lowest BCUT2D eigenvalue weighted by molar-refractivity contribution is -0.151. The molecule has 2 nitrogen and oxygen atoms in total. The second-order valence-corrected chi connectivity index (χ2v) is 9.49. The van der Waals surface area contributed by atoms with Crippen LogP contribution in [0.5, 0.6) is 0 Å². The topological polar surface area (TPSA) is 38.0 Å². The molecule has 0 radical (unpaired) electrons. The quantitative estimate of drug-likeness (QED) is 0.583. The molecular formula is C18H34N2. The molecule has 0 aromatic carbocycles. The molecular weight excluding hydrogens is 244 g/mol. The van der Waals surface area contributed by atoms with Crippen LogP contribution < -0.4 is 11.3 Å². The van der Waals surface area contributed by atoms with Crippen LogP contribution >= 0.6 is 0 Å². The smallest absolute Gasteiger partial charge is 0.0241 e. The van der Waals surface area contributed by atoms with E-state index in [0.717, 1.165) is 5.92 Å². The summed E-state index contributed by atoms with van der Waals surface area (Å²) in [5, 5.41) is 0. The van der Waals surface area contributed by atoms with Crippen LogP contribution in [-0.4, -0.2) is 6.04 Å². The molecule has 4 aliphatic carbocycles. The van der Waals surface area contributed by atoms with Gasteiger partial charge < -0.3 is 0 Å². The molecule has 0 aromatic heterocycles. The minimum absolute atomic E-state index is 0.503. The monoisotopic (exact) mass is 278 g/mol. The summed E-state index contributed by atoms with van der Waals surface area (Å²) in [6, 6.07) is 0.503. The van der Waals surface area contributed by atoms with E-state index in [0.29, 0.717) is 28.2 Å². The molecule has 4 aliphatic rings. The number of hydrogen-bond donors (Lipinski definition) is 2. The first-order chi connectivity index (χ1) is 9.31. The van der Waals surface area contributed by atoms with Crippen molar-refractivity contribution in [3.63, 3.8) is 0 Å². The van der Waals surface area contributed by atoms with Crippen molar-refractivity contribution in [2.45, 2.75) is 85.1 Å². The highest BCUT2D eigenvalue weighted by molar-refractivity contribution is 5.11.